The number of hydrogen-bond acceptors (Lipinski definition) is 3. The number of carbonyl (C=O) groups is 1. The van der Waals surface area contributed by atoms with Gasteiger partial charge in [0.15, 0.2) is 11.5 Å². The summed E-state index contributed by atoms with van der Waals surface area (Å²) in [4.78, 5) is 11.0. The number of carbonyl (C=O) groups excluding carboxylic acids is 1. The Balaban J connectivity index is 1.55. The molecule has 2 aromatic carbocycles. The Morgan fingerprint density at radius 2 is 1.91 bits per heavy atom. The highest BCUT2D eigenvalue weighted by atomic mass is 16.6. The van der Waals surface area contributed by atoms with Crippen LogP contribution in [0, 0.1) is 0 Å². The van der Waals surface area contributed by atoms with E-state index in [-0.39, 0.29) is 12.0 Å². The molecule has 23 heavy (non-hydrogen) atoms. The van der Waals surface area contributed by atoms with Crippen molar-refractivity contribution in [2.75, 3.05) is 6.61 Å². The van der Waals surface area contributed by atoms with Crippen LogP contribution in [0.3, 0.4) is 0 Å². The monoisotopic (exact) mass is 311 g/mol. The van der Waals surface area contributed by atoms with Gasteiger partial charge in [-0.15, -0.1) is 0 Å². The second-order valence-corrected chi connectivity index (χ2v) is 5.77. The van der Waals surface area contributed by atoms with Gasteiger partial charge in [-0.05, 0) is 36.1 Å². The largest absolute Gasteiger partial charge is 0.486 e. The molecule has 120 valence electrons. The zero-order valence-corrected chi connectivity index (χ0v) is 13.2. The molecule has 1 amide bonds. The van der Waals surface area contributed by atoms with Crippen LogP contribution in [0.1, 0.15) is 24.5 Å². The molecular formula is C19H21NO3. The van der Waals surface area contributed by atoms with Crippen molar-refractivity contribution >= 4 is 5.91 Å². The number of benzene rings is 2. The summed E-state index contributed by atoms with van der Waals surface area (Å²) in [6.07, 6.45) is 1.89. The van der Waals surface area contributed by atoms with Gasteiger partial charge in [0, 0.05) is 13.5 Å². The number of rotatable bonds is 5. The van der Waals surface area contributed by atoms with Gasteiger partial charge >= 0.3 is 0 Å². The highest BCUT2D eigenvalue weighted by Gasteiger charge is 2.20. The van der Waals surface area contributed by atoms with Gasteiger partial charge in [0.05, 0.1) is 0 Å². The lowest BCUT2D eigenvalue weighted by molar-refractivity contribution is -0.119. The van der Waals surface area contributed by atoms with E-state index in [2.05, 4.69) is 17.4 Å². The standard InChI is InChI=1S/C19H21NO3/c1-14(21)20-12-16-6-4-5-15(11-16)9-10-17-13-22-18-7-2-3-8-19(18)23-17/h2-8,11,17H,9-10,12-13H2,1H3,(H,20,21). The van der Waals surface area contributed by atoms with Gasteiger partial charge in [0.2, 0.25) is 5.91 Å². The zero-order chi connectivity index (χ0) is 16.1. The number of aryl methyl sites for hydroxylation is 1. The Labute approximate surface area is 136 Å². The summed E-state index contributed by atoms with van der Waals surface area (Å²) in [5.74, 6) is 1.63. The third-order valence-corrected chi connectivity index (χ3v) is 3.86. The first-order valence-corrected chi connectivity index (χ1v) is 7.91. The molecule has 1 aliphatic rings. The maximum absolute atomic E-state index is 11.0. The summed E-state index contributed by atoms with van der Waals surface area (Å²) in [5, 5.41) is 2.82. The minimum absolute atomic E-state index is 0.0122. The fourth-order valence-corrected chi connectivity index (χ4v) is 2.65. The number of amides is 1. The summed E-state index contributed by atoms with van der Waals surface area (Å²) in [6, 6.07) is 16.1. The molecule has 0 bridgehead atoms. The van der Waals surface area contributed by atoms with Gasteiger partial charge in [0.25, 0.3) is 0 Å². The molecule has 4 nitrogen and oxygen atoms in total. The highest BCUT2D eigenvalue weighted by molar-refractivity contribution is 5.72. The second-order valence-electron chi connectivity index (χ2n) is 5.77. The van der Waals surface area contributed by atoms with Gasteiger partial charge in [-0.3, -0.25) is 4.79 Å². The van der Waals surface area contributed by atoms with E-state index < -0.39 is 0 Å². The average Bonchev–Trinajstić information content (AvgIpc) is 2.58. The summed E-state index contributed by atoms with van der Waals surface area (Å²) in [7, 11) is 0. The molecule has 0 saturated heterocycles. The smallest absolute Gasteiger partial charge is 0.217 e. The van der Waals surface area contributed by atoms with Gasteiger partial charge in [-0.1, -0.05) is 36.4 Å². The zero-order valence-electron chi connectivity index (χ0n) is 13.2. The summed E-state index contributed by atoms with van der Waals surface area (Å²) >= 11 is 0. The number of fused-ring (bicyclic) bond motifs is 1. The molecule has 0 saturated carbocycles. The Morgan fingerprint density at radius 3 is 2.74 bits per heavy atom. The molecule has 4 heteroatoms. The van der Waals surface area contributed by atoms with Crippen molar-refractivity contribution in [1.29, 1.82) is 0 Å². The minimum atomic E-state index is -0.0122. The Kier molecular flexibility index (Phi) is 4.81. The van der Waals surface area contributed by atoms with Crippen LogP contribution in [0.5, 0.6) is 11.5 Å². The molecular weight excluding hydrogens is 290 g/mol. The van der Waals surface area contributed by atoms with Crippen LogP contribution in [0.25, 0.3) is 0 Å². The van der Waals surface area contributed by atoms with Crippen molar-refractivity contribution in [3.8, 4) is 11.5 Å². The number of nitrogens with one attached hydrogen (secondary N) is 1. The lowest BCUT2D eigenvalue weighted by atomic mass is 10.0. The maximum atomic E-state index is 11.0. The molecule has 1 atom stereocenters. The number of para-hydroxylation sites is 2. The molecule has 1 unspecified atom stereocenters. The number of ether oxygens (including phenoxy) is 2. The van der Waals surface area contributed by atoms with Gasteiger partial charge in [-0.2, -0.15) is 0 Å². The third-order valence-electron chi connectivity index (χ3n) is 3.86. The van der Waals surface area contributed by atoms with Crippen molar-refractivity contribution in [2.24, 2.45) is 0 Å². The molecule has 2 aromatic rings. The molecule has 1 heterocycles. The van der Waals surface area contributed by atoms with Crippen molar-refractivity contribution in [3.63, 3.8) is 0 Å². The second kappa shape index (κ2) is 7.18. The molecule has 0 aliphatic carbocycles. The molecule has 1 N–H and O–H groups in total. The fraction of sp³-hybridized carbons (Fsp3) is 0.316. The summed E-state index contributed by atoms with van der Waals surface area (Å²) in [5.41, 5.74) is 2.36. The SMILES string of the molecule is CC(=O)NCc1cccc(CCC2COc3ccccc3O2)c1. The third kappa shape index (κ3) is 4.25. The molecule has 0 aromatic heterocycles. The van der Waals surface area contributed by atoms with Crippen LogP contribution < -0.4 is 14.8 Å². The molecule has 0 fully saturated rings. The molecule has 0 spiro atoms. The molecule has 0 radical (unpaired) electrons. The van der Waals surface area contributed by atoms with E-state index in [1.807, 2.05) is 36.4 Å². The van der Waals surface area contributed by atoms with Crippen LogP contribution in [0.4, 0.5) is 0 Å². The van der Waals surface area contributed by atoms with Crippen LogP contribution in [0.15, 0.2) is 48.5 Å². The van der Waals surface area contributed by atoms with Crippen molar-refractivity contribution in [1.82, 2.24) is 5.32 Å². The van der Waals surface area contributed by atoms with E-state index in [0.29, 0.717) is 13.2 Å². The number of hydrogen-bond donors (Lipinski definition) is 1. The minimum Gasteiger partial charge on any atom is -0.486 e. The van der Waals surface area contributed by atoms with Crippen molar-refractivity contribution in [3.05, 3.63) is 59.7 Å². The highest BCUT2D eigenvalue weighted by Crippen LogP contribution is 2.31. The maximum Gasteiger partial charge on any atom is 0.217 e. The van der Waals surface area contributed by atoms with Gasteiger partial charge in [-0.25, -0.2) is 0 Å². The molecule has 3 rings (SSSR count). The first-order valence-electron chi connectivity index (χ1n) is 7.91. The van der Waals surface area contributed by atoms with E-state index in [4.69, 9.17) is 9.47 Å². The van der Waals surface area contributed by atoms with Crippen LogP contribution in [0.2, 0.25) is 0 Å². The quantitative estimate of drug-likeness (QED) is 0.923. The molecule has 1 aliphatic heterocycles. The first-order chi connectivity index (χ1) is 11.2. The predicted octanol–water partition coefficient (Wildman–Crippen LogP) is 3.10. The summed E-state index contributed by atoms with van der Waals surface area (Å²) in [6.45, 7) is 2.68. The van der Waals surface area contributed by atoms with Crippen molar-refractivity contribution < 1.29 is 14.3 Å². The van der Waals surface area contributed by atoms with Crippen molar-refractivity contribution in [2.45, 2.75) is 32.4 Å². The van der Waals surface area contributed by atoms with Crippen LogP contribution in [-0.2, 0) is 17.8 Å². The Bertz CT molecular complexity index is 684. The Hall–Kier alpha value is -2.49. The fourth-order valence-electron chi connectivity index (χ4n) is 2.65. The van der Waals surface area contributed by atoms with E-state index in [0.717, 1.165) is 29.9 Å². The van der Waals surface area contributed by atoms with Crippen LogP contribution >= 0.6 is 0 Å². The lowest BCUT2D eigenvalue weighted by Gasteiger charge is -2.26. The predicted molar refractivity (Wildman–Crippen MR) is 88.6 cm³/mol. The van der Waals surface area contributed by atoms with E-state index in [1.54, 1.807) is 0 Å². The summed E-state index contributed by atoms with van der Waals surface area (Å²) < 4.78 is 11.7. The van der Waals surface area contributed by atoms with Gasteiger partial charge in [0.1, 0.15) is 12.7 Å². The van der Waals surface area contributed by atoms with E-state index in [9.17, 15) is 4.79 Å². The lowest BCUT2D eigenvalue weighted by Crippen LogP contribution is -2.29. The Morgan fingerprint density at radius 1 is 1.13 bits per heavy atom. The van der Waals surface area contributed by atoms with E-state index in [1.165, 1.54) is 12.5 Å². The van der Waals surface area contributed by atoms with E-state index >= 15 is 0 Å². The van der Waals surface area contributed by atoms with Crippen LogP contribution in [-0.4, -0.2) is 18.6 Å². The first kappa shape index (κ1) is 15.4. The van der Waals surface area contributed by atoms with Gasteiger partial charge < -0.3 is 14.8 Å². The average molecular weight is 311 g/mol. The normalized spacial score (nSPS) is 16.0. The topological polar surface area (TPSA) is 47.6 Å².